The number of carboxylic acid groups (broad SMARTS) is 1. The summed E-state index contributed by atoms with van der Waals surface area (Å²) >= 11 is 0. The molecule has 164 valence electrons. The smallest absolute Gasteiger partial charge is 0.416 e. The largest absolute Gasteiger partial charge is 0.480 e. The molecule has 0 amide bonds. The Balaban J connectivity index is 1.95. The van der Waals surface area contributed by atoms with Gasteiger partial charge in [0, 0.05) is 11.1 Å². The standard InChI is InChI=1S/C21H17F4NO4S/c1-13-20(17-11-16(22)8-9-18(17)26(13)12-19(27)28)31(29,30)10-2-3-14-4-6-15(7-5-14)21(23,24)25/h2-9,11H,10,12H2,1H3,(H,27,28). The van der Waals surface area contributed by atoms with E-state index < -0.39 is 45.7 Å². The van der Waals surface area contributed by atoms with Gasteiger partial charge in [-0.05, 0) is 42.8 Å². The molecule has 0 saturated heterocycles. The number of alkyl halides is 3. The molecule has 3 rings (SSSR count). The summed E-state index contributed by atoms with van der Waals surface area (Å²) in [5.41, 5.74) is -0.0158. The highest BCUT2D eigenvalue weighted by molar-refractivity contribution is 7.91. The van der Waals surface area contributed by atoms with Crippen LogP contribution in [-0.4, -0.2) is 29.8 Å². The van der Waals surface area contributed by atoms with Gasteiger partial charge in [0.2, 0.25) is 0 Å². The first kappa shape index (κ1) is 22.5. The molecule has 1 N–H and O–H groups in total. The minimum Gasteiger partial charge on any atom is -0.480 e. The van der Waals surface area contributed by atoms with Gasteiger partial charge < -0.3 is 9.67 Å². The van der Waals surface area contributed by atoms with Gasteiger partial charge in [-0.25, -0.2) is 12.8 Å². The Hall–Kier alpha value is -3.14. The molecule has 0 aliphatic carbocycles. The average Bonchev–Trinajstić information content (AvgIpc) is 2.92. The van der Waals surface area contributed by atoms with Crippen LogP contribution in [0.3, 0.4) is 0 Å². The van der Waals surface area contributed by atoms with E-state index in [1.54, 1.807) is 0 Å². The van der Waals surface area contributed by atoms with Gasteiger partial charge in [0.1, 0.15) is 12.4 Å². The minimum atomic E-state index is -4.47. The molecule has 31 heavy (non-hydrogen) atoms. The third-order valence-electron chi connectivity index (χ3n) is 4.70. The zero-order valence-corrected chi connectivity index (χ0v) is 17.0. The summed E-state index contributed by atoms with van der Waals surface area (Å²) < 4.78 is 78.9. The third-order valence-corrected chi connectivity index (χ3v) is 6.46. The second-order valence-corrected chi connectivity index (χ2v) is 8.83. The van der Waals surface area contributed by atoms with E-state index in [9.17, 15) is 30.8 Å². The van der Waals surface area contributed by atoms with E-state index in [1.165, 1.54) is 41.8 Å². The van der Waals surface area contributed by atoms with Crippen LogP contribution in [0.25, 0.3) is 17.0 Å². The maximum Gasteiger partial charge on any atom is 0.416 e. The Morgan fingerprint density at radius 2 is 1.77 bits per heavy atom. The van der Waals surface area contributed by atoms with Gasteiger partial charge in [0.25, 0.3) is 0 Å². The normalized spacial score (nSPS) is 12.7. The van der Waals surface area contributed by atoms with Crippen molar-refractivity contribution in [2.75, 3.05) is 5.75 Å². The van der Waals surface area contributed by atoms with Crippen LogP contribution >= 0.6 is 0 Å². The maximum atomic E-state index is 13.8. The van der Waals surface area contributed by atoms with Crippen molar-refractivity contribution in [2.24, 2.45) is 0 Å². The number of rotatable bonds is 6. The fourth-order valence-corrected chi connectivity index (χ4v) is 4.91. The van der Waals surface area contributed by atoms with Crippen LogP contribution in [-0.2, 0) is 27.4 Å². The molecule has 0 atom stereocenters. The number of sulfone groups is 1. The quantitative estimate of drug-likeness (QED) is 0.548. The number of halogens is 4. The molecule has 0 unspecified atom stereocenters. The second-order valence-electron chi connectivity index (χ2n) is 6.86. The first-order valence-electron chi connectivity index (χ1n) is 8.97. The van der Waals surface area contributed by atoms with Crippen molar-refractivity contribution in [3.8, 4) is 0 Å². The topological polar surface area (TPSA) is 76.4 Å². The van der Waals surface area contributed by atoms with Crippen LogP contribution < -0.4 is 0 Å². The second kappa shape index (κ2) is 8.18. The van der Waals surface area contributed by atoms with E-state index in [4.69, 9.17) is 5.11 Å². The number of benzene rings is 2. The number of fused-ring (bicyclic) bond motifs is 1. The molecule has 0 saturated carbocycles. The highest BCUT2D eigenvalue weighted by atomic mass is 32.2. The SMILES string of the molecule is Cc1c(S(=O)(=O)CC=Cc2ccc(C(F)(F)F)cc2)c2cc(F)ccc2n1CC(=O)O. The van der Waals surface area contributed by atoms with E-state index in [0.717, 1.165) is 24.3 Å². The van der Waals surface area contributed by atoms with Crippen molar-refractivity contribution in [3.63, 3.8) is 0 Å². The molecule has 2 aromatic carbocycles. The Bertz CT molecular complexity index is 1270. The first-order valence-corrected chi connectivity index (χ1v) is 10.6. The van der Waals surface area contributed by atoms with Crippen molar-refractivity contribution in [3.05, 3.63) is 71.2 Å². The third kappa shape index (κ3) is 4.79. The lowest BCUT2D eigenvalue weighted by atomic mass is 10.1. The molecule has 0 aliphatic heterocycles. The zero-order chi connectivity index (χ0) is 23.0. The van der Waals surface area contributed by atoms with Gasteiger partial charge in [-0.2, -0.15) is 13.2 Å². The molecule has 0 radical (unpaired) electrons. The fourth-order valence-electron chi connectivity index (χ4n) is 3.33. The molecule has 1 heterocycles. The van der Waals surface area contributed by atoms with Gasteiger partial charge >= 0.3 is 12.1 Å². The van der Waals surface area contributed by atoms with E-state index >= 15 is 0 Å². The van der Waals surface area contributed by atoms with Crippen LogP contribution in [0.1, 0.15) is 16.8 Å². The summed E-state index contributed by atoms with van der Waals surface area (Å²) in [6.07, 6.45) is -1.83. The Labute approximate surface area is 175 Å². The predicted molar refractivity (Wildman–Crippen MR) is 107 cm³/mol. The Morgan fingerprint density at radius 3 is 2.35 bits per heavy atom. The lowest BCUT2D eigenvalue weighted by Crippen LogP contribution is -2.12. The molecular weight excluding hydrogens is 438 g/mol. The number of carbonyl (C=O) groups is 1. The molecule has 1 aromatic heterocycles. The summed E-state index contributed by atoms with van der Waals surface area (Å²) in [7, 11) is -4.00. The van der Waals surface area contributed by atoms with Crippen LogP contribution in [0.15, 0.2) is 53.4 Å². The Morgan fingerprint density at radius 1 is 1.13 bits per heavy atom. The number of nitrogens with zero attached hydrogens (tertiary/aromatic N) is 1. The van der Waals surface area contributed by atoms with Gasteiger partial charge in [-0.15, -0.1) is 0 Å². The van der Waals surface area contributed by atoms with Gasteiger partial charge in [0.05, 0.1) is 21.7 Å². The lowest BCUT2D eigenvalue weighted by Gasteiger charge is -2.06. The summed E-state index contributed by atoms with van der Waals surface area (Å²) in [5.74, 6) is -2.36. The summed E-state index contributed by atoms with van der Waals surface area (Å²) in [6, 6.07) is 7.67. The Kier molecular flexibility index (Phi) is 5.95. The van der Waals surface area contributed by atoms with E-state index in [2.05, 4.69) is 0 Å². The maximum absolute atomic E-state index is 13.8. The van der Waals surface area contributed by atoms with E-state index in [1.807, 2.05) is 0 Å². The molecular formula is C21H17F4NO4S. The summed E-state index contributed by atoms with van der Waals surface area (Å²) in [6.45, 7) is 0.943. The molecule has 5 nitrogen and oxygen atoms in total. The highest BCUT2D eigenvalue weighted by Crippen LogP contribution is 2.32. The van der Waals surface area contributed by atoms with Crippen molar-refractivity contribution in [1.29, 1.82) is 0 Å². The van der Waals surface area contributed by atoms with Crippen LogP contribution in [0.2, 0.25) is 0 Å². The average molecular weight is 455 g/mol. The summed E-state index contributed by atoms with van der Waals surface area (Å²) in [5, 5.41) is 9.20. The van der Waals surface area contributed by atoms with Crippen molar-refractivity contribution < 1.29 is 35.9 Å². The number of carboxylic acids is 1. The van der Waals surface area contributed by atoms with E-state index in [-0.39, 0.29) is 21.5 Å². The number of aromatic nitrogens is 1. The molecule has 0 spiro atoms. The predicted octanol–water partition coefficient (Wildman–Crippen LogP) is 4.68. The number of aliphatic carboxylic acids is 1. The van der Waals surface area contributed by atoms with E-state index in [0.29, 0.717) is 5.56 Å². The zero-order valence-electron chi connectivity index (χ0n) is 16.1. The molecule has 3 aromatic rings. The lowest BCUT2D eigenvalue weighted by molar-refractivity contribution is -0.138. The highest BCUT2D eigenvalue weighted by Gasteiger charge is 2.30. The first-order chi connectivity index (χ1) is 14.4. The van der Waals surface area contributed by atoms with Crippen molar-refractivity contribution in [1.82, 2.24) is 4.57 Å². The number of hydrogen-bond acceptors (Lipinski definition) is 3. The summed E-state index contributed by atoms with van der Waals surface area (Å²) in [4.78, 5) is 11.0. The molecule has 0 fully saturated rings. The van der Waals surface area contributed by atoms with Crippen LogP contribution in [0.5, 0.6) is 0 Å². The molecule has 10 heteroatoms. The van der Waals surface area contributed by atoms with Gasteiger partial charge in [0.15, 0.2) is 9.84 Å². The molecule has 0 bridgehead atoms. The van der Waals surface area contributed by atoms with Crippen molar-refractivity contribution in [2.45, 2.75) is 24.5 Å². The van der Waals surface area contributed by atoms with Crippen molar-refractivity contribution >= 4 is 32.8 Å². The monoisotopic (exact) mass is 455 g/mol. The van der Waals surface area contributed by atoms with Crippen LogP contribution in [0.4, 0.5) is 17.6 Å². The minimum absolute atomic E-state index is 0.0710. The van der Waals surface area contributed by atoms with Gasteiger partial charge in [-0.1, -0.05) is 24.3 Å². The van der Waals surface area contributed by atoms with Gasteiger partial charge in [-0.3, -0.25) is 4.79 Å². The molecule has 0 aliphatic rings. The van der Waals surface area contributed by atoms with Crippen LogP contribution in [0, 0.1) is 12.7 Å². The number of hydrogen-bond donors (Lipinski definition) is 1. The fraction of sp³-hybridized carbons (Fsp3) is 0.190.